The molecule has 2 aromatic rings. The van der Waals surface area contributed by atoms with E-state index in [1.54, 1.807) is 12.4 Å². The van der Waals surface area contributed by atoms with E-state index in [1.165, 1.54) is 0 Å². The third-order valence-corrected chi connectivity index (χ3v) is 3.94. The highest BCUT2D eigenvalue weighted by Gasteiger charge is 2.33. The van der Waals surface area contributed by atoms with Gasteiger partial charge < -0.3 is 15.1 Å². The van der Waals surface area contributed by atoms with Crippen molar-refractivity contribution >= 4 is 16.7 Å². The minimum Gasteiger partial charge on any atom is -0.396 e. The van der Waals surface area contributed by atoms with Crippen molar-refractivity contribution in [2.45, 2.75) is 6.92 Å². The number of aliphatic hydroxyl groups excluding tert-OH is 2. The molecule has 6 nitrogen and oxygen atoms in total. The molecule has 3 heterocycles. The summed E-state index contributed by atoms with van der Waals surface area (Å²) < 4.78 is 0. The number of aromatic nitrogens is 3. The van der Waals surface area contributed by atoms with Crippen LogP contribution in [0.15, 0.2) is 18.5 Å². The molecule has 1 fully saturated rings. The lowest BCUT2D eigenvalue weighted by Gasteiger charge is -2.19. The summed E-state index contributed by atoms with van der Waals surface area (Å²) in [7, 11) is 0. The summed E-state index contributed by atoms with van der Waals surface area (Å²) in [5, 5.41) is 19.8. The Kier molecular flexibility index (Phi) is 3.50. The topological polar surface area (TPSA) is 82.4 Å². The Labute approximate surface area is 117 Å². The summed E-state index contributed by atoms with van der Waals surface area (Å²) in [5.74, 6) is 1.75. The lowest BCUT2D eigenvalue weighted by atomic mass is 9.98. The standard InChI is InChI=1S/C14H18N4O2/c1-9-16-13-4-15-3-2-12(13)14(17-9)18-5-10(7-19)11(6-18)8-20/h2-4,10-11,19-20H,5-8H2,1H3. The first-order valence-electron chi connectivity index (χ1n) is 6.78. The van der Waals surface area contributed by atoms with Crippen molar-refractivity contribution in [3.8, 4) is 0 Å². The van der Waals surface area contributed by atoms with E-state index < -0.39 is 0 Å². The Morgan fingerprint density at radius 1 is 1.20 bits per heavy atom. The maximum absolute atomic E-state index is 9.42. The van der Waals surface area contributed by atoms with E-state index in [1.807, 2.05) is 13.0 Å². The van der Waals surface area contributed by atoms with Gasteiger partial charge in [-0.15, -0.1) is 0 Å². The Hall–Kier alpha value is -1.79. The van der Waals surface area contributed by atoms with Crippen LogP contribution in [-0.2, 0) is 0 Å². The van der Waals surface area contributed by atoms with Gasteiger partial charge in [0.05, 0.1) is 11.7 Å². The Morgan fingerprint density at radius 3 is 2.55 bits per heavy atom. The van der Waals surface area contributed by atoms with Crippen LogP contribution >= 0.6 is 0 Å². The number of aryl methyl sites for hydroxylation is 1. The molecular weight excluding hydrogens is 256 g/mol. The van der Waals surface area contributed by atoms with Crippen LogP contribution in [-0.4, -0.2) is 51.5 Å². The molecule has 6 heteroatoms. The van der Waals surface area contributed by atoms with Crippen LogP contribution < -0.4 is 4.90 Å². The Bertz CT molecular complexity index is 607. The van der Waals surface area contributed by atoms with Crippen LogP contribution in [0.25, 0.3) is 10.9 Å². The van der Waals surface area contributed by atoms with Crippen LogP contribution in [0, 0.1) is 18.8 Å². The van der Waals surface area contributed by atoms with Gasteiger partial charge in [-0.05, 0) is 13.0 Å². The normalized spacial score (nSPS) is 22.6. The molecule has 0 saturated carbocycles. The van der Waals surface area contributed by atoms with Gasteiger partial charge in [0.1, 0.15) is 11.6 Å². The average Bonchev–Trinajstić information content (AvgIpc) is 2.89. The number of aliphatic hydroxyl groups is 2. The molecule has 2 atom stereocenters. The third kappa shape index (κ3) is 2.21. The SMILES string of the molecule is Cc1nc(N2CC(CO)C(CO)C2)c2ccncc2n1. The first kappa shape index (κ1) is 13.2. The van der Waals surface area contributed by atoms with Crippen LogP contribution in [0.3, 0.4) is 0 Å². The third-order valence-electron chi connectivity index (χ3n) is 3.94. The van der Waals surface area contributed by atoms with E-state index in [9.17, 15) is 10.2 Å². The summed E-state index contributed by atoms with van der Waals surface area (Å²) in [6.45, 7) is 3.45. The van der Waals surface area contributed by atoms with E-state index in [4.69, 9.17) is 0 Å². The maximum atomic E-state index is 9.42. The zero-order chi connectivity index (χ0) is 14.1. The number of anilines is 1. The van der Waals surface area contributed by atoms with Crippen molar-refractivity contribution in [2.24, 2.45) is 11.8 Å². The fourth-order valence-electron chi connectivity index (χ4n) is 2.84. The first-order valence-corrected chi connectivity index (χ1v) is 6.78. The van der Waals surface area contributed by atoms with E-state index in [0.717, 1.165) is 16.7 Å². The van der Waals surface area contributed by atoms with Gasteiger partial charge >= 0.3 is 0 Å². The summed E-state index contributed by atoms with van der Waals surface area (Å²) in [6, 6.07) is 1.91. The highest BCUT2D eigenvalue weighted by Crippen LogP contribution is 2.30. The highest BCUT2D eigenvalue weighted by molar-refractivity contribution is 5.88. The monoisotopic (exact) mass is 274 g/mol. The fraction of sp³-hybridized carbons (Fsp3) is 0.500. The largest absolute Gasteiger partial charge is 0.396 e. The number of rotatable bonds is 3. The van der Waals surface area contributed by atoms with E-state index >= 15 is 0 Å². The van der Waals surface area contributed by atoms with Crippen LogP contribution in [0.4, 0.5) is 5.82 Å². The molecule has 0 aliphatic carbocycles. The van der Waals surface area contributed by atoms with Crippen LogP contribution in [0.2, 0.25) is 0 Å². The van der Waals surface area contributed by atoms with Gasteiger partial charge in [-0.2, -0.15) is 0 Å². The van der Waals surface area contributed by atoms with Crippen molar-refractivity contribution in [3.63, 3.8) is 0 Å². The number of hydrogen-bond donors (Lipinski definition) is 2. The second-order valence-electron chi connectivity index (χ2n) is 5.28. The molecule has 106 valence electrons. The molecule has 3 rings (SSSR count). The number of fused-ring (bicyclic) bond motifs is 1. The lowest BCUT2D eigenvalue weighted by molar-refractivity contribution is 0.152. The second kappa shape index (κ2) is 5.30. The van der Waals surface area contributed by atoms with Gasteiger partial charge in [-0.1, -0.05) is 0 Å². The molecule has 0 amide bonds. The zero-order valence-corrected chi connectivity index (χ0v) is 11.4. The highest BCUT2D eigenvalue weighted by atomic mass is 16.3. The van der Waals surface area contributed by atoms with Gasteiger partial charge in [-0.25, -0.2) is 9.97 Å². The second-order valence-corrected chi connectivity index (χ2v) is 5.28. The van der Waals surface area contributed by atoms with Gasteiger partial charge in [0, 0.05) is 49.7 Å². The molecule has 2 N–H and O–H groups in total. The molecule has 0 bridgehead atoms. The molecule has 0 aromatic carbocycles. The average molecular weight is 274 g/mol. The molecule has 1 aliphatic heterocycles. The minimum atomic E-state index is 0.0886. The summed E-state index contributed by atoms with van der Waals surface area (Å²) in [6.07, 6.45) is 3.46. The van der Waals surface area contributed by atoms with Crippen molar-refractivity contribution in [1.29, 1.82) is 0 Å². The summed E-state index contributed by atoms with van der Waals surface area (Å²) in [5.41, 5.74) is 0.822. The lowest BCUT2D eigenvalue weighted by Crippen LogP contribution is -2.22. The van der Waals surface area contributed by atoms with Gasteiger partial charge in [-0.3, -0.25) is 4.98 Å². The van der Waals surface area contributed by atoms with E-state index in [2.05, 4.69) is 19.9 Å². The van der Waals surface area contributed by atoms with Crippen molar-refractivity contribution in [3.05, 3.63) is 24.3 Å². The minimum absolute atomic E-state index is 0.0886. The molecule has 0 radical (unpaired) electrons. The smallest absolute Gasteiger partial charge is 0.140 e. The molecule has 20 heavy (non-hydrogen) atoms. The molecule has 0 spiro atoms. The number of nitrogens with zero attached hydrogens (tertiary/aromatic N) is 4. The number of pyridine rings is 1. The van der Waals surface area contributed by atoms with Crippen LogP contribution in [0.1, 0.15) is 5.82 Å². The molecule has 2 aromatic heterocycles. The quantitative estimate of drug-likeness (QED) is 0.841. The van der Waals surface area contributed by atoms with Crippen LogP contribution in [0.5, 0.6) is 0 Å². The summed E-state index contributed by atoms with van der Waals surface area (Å²) >= 11 is 0. The first-order chi connectivity index (χ1) is 9.72. The molecule has 1 aliphatic rings. The van der Waals surface area contributed by atoms with Gasteiger partial charge in [0.2, 0.25) is 0 Å². The number of hydrogen-bond acceptors (Lipinski definition) is 6. The summed E-state index contributed by atoms with van der Waals surface area (Å²) in [4.78, 5) is 15.2. The molecular formula is C14H18N4O2. The Balaban J connectivity index is 2.02. The van der Waals surface area contributed by atoms with Crippen molar-refractivity contribution in [1.82, 2.24) is 15.0 Å². The fourth-order valence-corrected chi connectivity index (χ4v) is 2.84. The van der Waals surface area contributed by atoms with Crippen molar-refractivity contribution < 1.29 is 10.2 Å². The van der Waals surface area contributed by atoms with Gasteiger partial charge in [0.15, 0.2) is 0 Å². The van der Waals surface area contributed by atoms with Gasteiger partial charge in [0.25, 0.3) is 0 Å². The Morgan fingerprint density at radius 2 is 1.90 bits per heavy atom. The van der Waals surface area contributed by atoms with Crippen molar-refractivity contribution in [2.75, 3.05) is 31.2 Å². The maximum Gasteiger partial charge on any atom is 0.140 e. The zero-order valence-electron chi connectivity index (χ0n) is 11.4. The molecule has 1 saturated heterocycles. The van der Waals surface area contributed by atoms with E-state index in [-0.39, 0.29) is 25.0 Å². The predicted molar refractivity (Wildman–Crippen MR) is 75.4 cm³/mol. The predicted octanol–water partition coefficient (Wildman–Crippen LogP) is 0.370. The van der Waals surface area contributed by atoms with E-state index in [0.29, 0.717) is 18.9 Å². The molecule has 2 unspecified atom stereocenters.